The van der Waals surface area contributed by atoms with Gasteiger partial charge in [-0.1, -0.05) is 101 Å². The molecule has 0 spiro atoms. The Morgan fingerprint density at radius 1 is 0.750 bits per heavy atom. The average Bonchev–Trinajstić information content (AvgIpc) is 3.27. The summed E-state index contributed by atoms with van der Waals surface area (Å²) in [6.07, 6.45) is 0. The lowest BCUT2D eigenvalue weighted by Crippen LogP contribution is -2.50. The van der Waals surface area contributed by atoms with Crippen molar-refractivity contribution in [3.8, 4) is 0 Å². The molecule has 2 bridgehead atoms. The number of carbonyl (C=O) groups excluding carboxylic acids is 4. The zero-order valence-corrected chi connectivity index (χ0v) is 22.7. The van der Waals surface area contributed by atoms with Crippen molar-refractivity contribution in [1.29, 1.82) is 0 Å². The molecule has 196 valence electrons. The van der Waals surface area contributed by atoms with Gasteiger partial charge in [0.15, 0.2) is 12.4 Å². The molecule has 40 heavy (non-hydrogen) atoms. The van der Waals surface area contributed by atoms with Gasteiger partial charge in [-0.2, -0.15) is 0 Å². The number of ether oxygens (including phenoxy) is 1. The van der Waals surface area contributed by atoms with Crippen molar-refractivity contribution < 1.29 is 23.9 Å². The first-order valence-corrected chi connectivity index (χ1v) is 13.8. The molecular weight excluding hydrogens is 570 g/mol. The molecule has 3 aliphatic carbocycles. The number of esters is 1. The summed E-state index contributed by atoms with van der Waals surface area (Å²) < 4.78 is 4.42. The van der Waals surface area contributed by atoms with Gasteiger partial charge in [0.1, 0.15) is 0 Å². The number of carbonyl (C=O) groups is 4. The summed E-state index contributed by atoms with van der Waals surface area (Å²) in [5.74, 6) is -3.13. The molecule has 7 heteroatoms. The summed E-state index contributed by atoms with van der Waals surface area (Å²) >= 11 is 3.99. The van der Waals surface area contributed by atoms with Gasteiger partial charge < -0.3 is 4.74 Å². The molecule has 1 fully saturated rings. The fourth-order valence-electron chi connectivity index (χ4n) is 6.63. The Labute approximate surface area is 238 Å². The normalized spacial score (nSPS) is 23.8. The molecule has 6 nitrogen and oxygen atoms in total. The second-order valence-corrected chi connectivity index (χ2v) is 11.5. The van der Waals surface area contributed by atoms with E-state index in [1.165, 1.54) is 17.0 Å². The molecule has 1 heterocycles. The van der Waals surface area contributed by atoms with Crippen LogP contribution in [0.4, 0.5) is 5.69 Å². The fraction of sp³-hybridized carbons (Fsp3) is 0.152. The highest BCUT2D eigenvalue weighted by Crippen LogP contribution is 2.66. The summed E-state index contributed by atoms with van der Waals surface area (Å²) in [6.45, 7) is -0.414. The molecule has 0 N–H and O–H groups in total. The Balaban J connectivity index is 1.22. The molecule has 4 aliphatic rings. The third kappa shape index (κ3) is 3.40. The van der Waals surface area contributed by atoms with Crippen molar-refractivity contribution in [2.24, 2.45) is 11.8 Å². The maximum atomic E-state index is 14.1. The minimum Gasteiger partial charge on any atom is -0.454 e. The number of amides is 2. The van der Waals surface area contributed by atoms with Gasteiger partial charge in [-0.3, -0.25) is 14.4 Å². The van der Waals surface area contributed by atoms with Crippen LogP contribution in [0.5, 0.6) is 0 Å². The molecule has 8 rings (SSSR count). The molecule has 0 saturated carbocycles. The number of hydrogen-bond acceptors (Lipinski definition) is 5. The van der Waals surface area contributed by atoms with Gasteiger partial charge in [-0.05, 0) is 40.5 Å². The van der Waals surface area contributed by atoms with Crippen molar-refractivity contribution in [2.45, 2.75) is 10.2 Å². The highest BCUT2D eigenvalue weighted by molar-refractivity contribution is 9.09. The summed E-state index contributed by atoms with van der Waals surface area (Å²) in [5.41, 5.74) is 4.99. The second kappa shape index (κ2) is 9.10. The first-order valence-electron chi connectivity index (χ1n) is 13.0. The number of ketones is 1. The topological polar surface area (TPSA) is 80.8 Å². The van der Waals surface area contributed by atoms with E-state index in [2.05, 4.69) is 15.9 Å². The molecule has 4 aromatic carbocycles. The standard InChI is InChI=1S/C33H22BrNO5/c34-33-24-15-6-4-13-22(24)27(23-14-5-7-16-25(23)33)28-29(33)31(38)35(30(28)37)21-12-8-11-20(17-21)32(39)40-18-26(36)19-9-2-1-3-10-19/h1-17,27-29H,18H2/t27?,28-,29-,33?/m0/s1. The van der Waals surface area contributed by atoms with Crippen LogP contribution >= 0.6 is 15.9 Å². The van der Waals surface area contributed by atoms with Gasteiger partial charge in [0.05, 0.1) is 27.4 Å². The van der Waals surface area contributed by atoms with Crippen molar-refractivity contribution in [2.75, 3.05) is 11.5 Å². The van der Waals surface area contributed by atoms with Crippen LogP contribution in [-0.4, -0.2) is 30.2 Å². The van der Waals surface area contributed by atoms with Gasteiger partial charge in [-0.25, -0.2) is 9.69 Å². The largest absolute Gasteiger partial charge is 0.454 e. The predicted molar refractivity (Wildman–Crippen MR) is 151 cm³/mol. The van der Waals surface area contributed by atoms with E-state index in [1.807, 2.05) is 48.5 Å². The molecule has 0 radical (unpaired) electrons. The fourth-order valence-corrected chi connectivity index (χ4v) is 7.83. The van der Waals surface area contributed by atoms with Crippen LogP contribution in [0.25, 0.3) is 0 Å². The Hall–Kier alpha value is -4.36. The highest BCUT2D eigenvalue weighted by Gasteiger charge is 2.67. The van der Waals surface area contributed by atoms with E-state index in [0.29, 0.717) is 11.3 Å². The SMILES string of the molecule is O=C(COC(=O)c1cccc(N2C(=O)[C@@H]3[C@@H](C2=O)C2c4ccccc4C3(Br)c3ccccc32)c1)c1ccccc1. The maximum absolute atomic E-state index is 14.1. The number of rotatable bonds is 5. The third-order valence-electron chi connectivity index (χ3n) is 8.28. The van der Waals surface area contributed by atoms with Crippen LogP contribution in [0.15, 0.2) is 103 Å². The van der Waals surface area contributed by atoms with E-state index in [1.54, 1.807) is 42.5 Å². The number of hydrogen-bond donors (Lipinski definition) is 0. The average molecular weight is 592 g/mol. The Morgan fingerprint density at radius 2 is 1.35 bits per heavy atom. The summed E-state index contributed by atoms with van der Waals surface area (Å²) in [5, 5.41) is 0. The van der Waals surface area contributed by atoms with Crippen molar-refractivity contribution in [3.63, 3.8) is 0 Å². The lowest BCUT2D eigenvalue weighted by atomic mass is 9.55. The Kier molecular flexibility index (Phi) is 5.61. The molecule has 2 amide bonds. The summed E-state index contributed by atoms with van der Waals surface area (Å²) in [6, 6.07) is 30.8. The molecular formula is C33H22BrNO5. The van der Waals surface area contributed by atoms with E-state index in [4.69, 9.17) is 4.74 Å². The van der Waals surface area contributed by atoms with E-state index >= 15 is 0 Å². The maximum Gasteiger partial charge on any atom is 0.338 e. The number of benzene rings is 4. The number of halogens is 1. The van der Waals surface area contributed by atoms with Gasteiger partial charge in [0.2, 0.25) is 11.8 Å². The van der Waals surface area contributed by atoms with Crippen LogP contribution in [0, 0.1) is 11.8 Å². The van der Waals surface area contributed by atoms with E-state index in [0.717, 1.165) is 22.3 Å². The van der Waals surface area contributed by atoms with Crippen molar-refractivity contribution in [3.05, 3.63) is 137 Å². The van der Waals surface area contributed by atoms with Gasteiger partial charge >= 0.3 is 5.97 Å². The number of nitrogens with zero attached hydrogens (tertiary/aromatic N) is 1. The number of anilines is 1. The van der Waals surface area contributed by atoms with E-state index in [-0.39, 0.29) is 29.1 Å². The van der Waals surface area contributed by atoms with E-state index in [9.17, 15) is 19.2 Å². The van der Waals surface area contributed by atoms with Crippen molar-refractivity contribution >= 4 is 45.2 Å². The predicted octanol–water partition coefficient (Wildman–Crippen LogP) is 5.63. The Morgan fingerprint density at radius 3 is 2.02 bits per heavy atom. The molecule has 1 saturated heterocycles. The summed E-state index contributed by atoms with van der Waals surface area (Å²) in [4.78, 5) is 54.7. The smallest absolute Gasteiger partial charge is 0.338 e. The van der Waals surface area contributed by atoms with Crippen LogP contribution < -0.4 is 4.90 Å². The third-order valence-corrected chi connectivity index (χ3v) is 9.63. The van der Waals surface area contributed by atoms with Crippen LogP contribution in [-0.2, 0) is 18.7 Å². The molecule has 1 aliphatic heterocycles. The number of imide groups is 1. The zero-order valence-electron chi connectivity index (χ0n) is 21.1. The monoisotopic (exact) mass is 591 g/mol. The van der Waals surface area contributed by atoms with Crippen LogP contribution in [0.2, 0.25) is 0 Å². The lowest BCUT2D eigenvalue weighted by Gasteiger charge is -2.51. The van der Waals surface area contributed by atoms with Crippen LogP contribution in [0.1, 0.15) is 48.9 Å². The minimum absolute atomic E-state index is 0.150. The molecule has 0 aromatic heterocycles. The highest BCUT2D eigenvalue weighted by atomic mass is 79.9. The van der Waals surface area contributed by atoms with Crippen LogP contribution in [0.3, 0.4) is 0 Å². The number of alkyl halides is 1. The molecule has 4 aromatic rings. The first kappa shape index (κ1) is 24.7. The van der Waals surface area contributed by atoms with Gasteiger partial charge in [-0.15, -0.1) is 0 Å². The second-order valence-electron chi connectivity index (χ2n) is 10.3. The lowest BCUT2D eigenvalue weighted by molar-refractivity contribution is -0.122. The van der Waals surface area contributed by atoms with Gasteiger partial charge in [0.25, 0.3) is 0 Å². The molecule has 0 unspecified atom stereocenters. The quantitative estimate of drug-likeness (QED) is 0.130. The summed E-state index contributed by atoms with van der Waals surface area (Å²) in [7, 11) is 0. The number of Topliss-reactive ketones (excluding diaryl/α,β-unsaturated/α-hetero) is 1. The minimum atomic E-state index is -0.852. The van der Waals surface area contributed by atoms with E-state index < -0.39 is 28.7 Å². The van der Waals surface area contributed by atoms with Gasteiger partial charge in [0, 0.05) is 11.5 Å². The zero-order chi connectivity index (χ0) is 27.6. The van der Waals surface area contributed by atoms with Crippen molar-refractivity contribution in [1.82, 2.24) is 0 Å². The first-order chi connectivity index (χ1) is 19.4. The Bertz CT molecular complexity index is 1680. The molecule has 2 atom stereocenters.